The van der Waals surface area contributed by atoms with Crippen LogP contribution >= 0.6 is 0 Å². The Morgan fingerprint density at radius 1 is 1.15 bits per heavy atom. The van der Waals surface area contributed by atoms with Crippen LogP contribution < -0.4 is 0 Å². The van der Waals surface area contributed by atoms with E-state index >= 15 is 0 Å². The van der Waals surface area contributed by atoms with Gasteiger partial charge in [0.2, 0.25) is 0 Å². The largest absolute Gasteiger partial charge is 0.303 e. The third-order valence-electron chi connectivity index (χ3n) is 3.68. The minimum Gasteiger partial charge on any atom is -0.303 e. The molecule has 1 rings (SSSR count). The molecular weight excluding hydrogens is 246 g/mol. The molecule has 1 aromatic rings. The zero-order valence-corrected chi connectivity index (χ0v) is 13.4. The van der Waals surface area contributed by atoms with Crippen molar-refractivity contribution in [3.8, 4) is 0 Å². The van der Waals surface area contributed by atoms with E-state index in [-0.39, 0.29) is 11.2 Å². The Kier molecular flexibility index (Phi) is 6.15. The van der Waals surface area contributed by atoms with Gasteiger partial charge < -0.3 is 4.90 Å². The summed E-state index contributed by atoms with van der Waals surface area (Å²) in [5, 5.41) is 0. The van der Waals surface area contributed by atoms with Gasteiger partial charge in [0.1, 0.15) is 0 Å². The molecule has 0 amide bonds. The maximum Gasteiger partial charge on any atom is 0.162 e. The highest BCUT2D eigenvalue weighted by Crippen LogP contribution is 2.20. The summed E-state index contributed by atoms with van der Waals surface area (Å²) in [4.78, 5) is 14.6. The second kappa shape index (κ2) is 7.39. The first-order valence-corrected chi connectivity index (χ1v) is 7.40. The Hall–Kier alpha value is -1.41. The fourth-order valence-corrected chi connectivity index (χ4v) is 2.16. The van der Waals surface area contributed by atoms with Crippen LogP contribution in [-0.2, 0) is 4.79 Å². The average molecular weight is 273 g/mol. The molecule has 0 saturated carbocycles. The van der Waals surface area contributed by atoms with Crippen LogP contribution in [0.25, 0.3) is 6.08 Å². The summed E-state index contributed by atoms with van der Waals surface area (Å²) < 4.78 is 0. The van der Waals surface area contributed by atoms with Gasteiger partial charge in [0.15, 0.2) is 5.78 Å². The van der Waals surface area contributed by atoms with Crippen molar-refractivity contribution in [3.63, 3.8) is 0 Å². The van der Waals surface area contributed by atoms with Gasteiger partial charge >= 0.3 is 0 Å². The summed E-state index contributed by atoms with van der Waals surface area (Å²) >= 11 is 0. The number of aryl methyl sites for hydroxylation is 1. The molecule has 0 saturated heterocycles. The fourth-order valence-electron chi connectivity index (χ4n) is 2.16. The number of carbonyl (C=O) groups is 1. The van der Waals surface area contributed by atoms with Gasteiger partial charge in [0, 0.05) is 12.0 Å². The molecule has 0 unspecified atom stereocenters. The van der Waals surface area contributed by atoms with E-state index in [4.69, 9.17) is 0 Å². The highest BCUT2D eigenvalue weighted by atomic mass is 16.1. The highest BCUT2D eigenvalue weighted by molar-refractivity contribution is 5.97. The molecule has 1 aromatic carbocycles. The number of hydrogen-bond donors (Lipinski definition) is 0. The van der Waals surface area contributed by atoms with Crippen molar-refractivity contribution in [1.82, 2.24) is 4.90 Å². The first-order valence-electron chi connectivity index (χ1n) is 7.40. The molecular formula is C18H27NO. The zero-order chi connectivity index (χ0) is 15.2. The minimum atomic E-state index is -0.340. The molecule has 0 aliphatic heterocycles. The van der Waals surface area contributed by atoms with E-state index in [0.29, 0.717) is 0 Å². The van der Waals surface area contributed by atoms with Gasteiger partial charge in [-0.2, -0.15) is 0 Å². The first-order chi connectivity index (χ1) is 9.39. The van der Waals surface area contributed by atoms with E-state index in [0.717, 1.165) is 25.2 Å². The standard InChI is InChI=1S/C18H27NO/c1-6-19(7-2)14-18(4,5)17(20)13-12-16-10-8-15(3)9-11-16/h8-13H,6-7,14H2,1-5H3/b13-12+. The predicted molar refractivity (Wildman–Crippen MR) is 86.8 cm³/mol. The number of hydrogen-bond acceptors (Lipinski definition) is 2. The van der Waals surface area contributed by atoms with Crippen LogP contribution in [0.4, 0.5) is 0 Å². The number of carbonyl (C=O) groups excluding carboxylic acids is 1. The average Bonchev–Trinajstić information content (AvgIpc) is 2.43. The molecule has 0 N–H and O–H groups in total. The van der Waals surface area contributed by atoms with Gasteiger partial charge in [-0.05, 0) is 31.7 Å². The first kappa shape index (κ1) is 16.6. The predicted octanol–water partition coefficient (Wildman–Crippen LogP) is 3.95. The lowest BCUT2D eigenvalue weighted by Crippen LogP contribution is -2.38. The summed E-state index contributed by atoms with van der Waals surface area (Å²) in [6.45, 7) is 13.1. The van der Waals surface area contributed by atoms with Crippen LogP contribution in [0.15, 0.2) is 30.3 Å². The van der Waals surface area contributed by atoms with Crippen molar-refractivity contribution in [2.75, 3.05) is 19.6 Å². The molecule has 2 heteroatoms. The van der Waals surface area contributed by atoms with Crippen molar-refractivity contribution < 1.29 is 4.79 Å². The molecule has 0 radical (unpaired) electrons. The summed E-state index contributed by atoms with van der Waals surface area (Å²) in [5.41, 5.74) is 1.96. The molecule has 0 aromatic heterocycles. The fraction of sp³-hybridized carbons (Fsp3) is 0.500. The van der Waals surface area contributed by atoms with E-state index in [1.54, 1.807) is 6.08 Å². The monoisotopic (exact) mass is 273 g/mol. The quantitative estimate of drug-likeness (QED) is 0.701. The van der Waals surface area contributed by atoms with Gasteiger partial charge in [0.25, 0.3) is 0 Å². The van der Waals surface area contributed by atoms with Crippen LogP contribution in [0, 0.1) is 12.3 Å². The Morgan fingerprint density at radius 3 is 2.20 bits per heavy atom. The van der Waals surface area contributed by atoms with Crippen molar-refractivity contribution in [2.45, 2.75) is 34.6 Å². The molecule has 0 aliphatic carbocycles. The number of allylic oxidation sites excluding steroid dienone is 1. The molecule has 0 fully saturated rings. The second-order valence-corrected chi connectivity index (χ2v) is 5.95. The van der Waals surface area contributed by atoms with Crippen LogP contribution in [0.2, 0.25) is 0 Å². The Labute approximate surface area is 123 Å². The van der Waals surface area contributed by atoms with E-state index in [2.05, 4.69) is 37.8 Å². The molecule has 0 atom stereocenters. The minimum absolute atomic E-state index is 0.185. The molecule has 20 heavy (non-hydrogen) atoms. The topological polar surface area (TPSA) is 20.3 Å². The summed E-state index contributed by atoms with van der Waals surface area (Å²) in [6.07, 6.45) is 3.62. The van der Waals surface area contributed by atoms with Gasteiger partial charge in [-0.3, -0.25) is 4.79 Å². The lowest BCUT2D eigenvalue weighted by molar-refractivity contribution is -0.123. The van der Waals surface area contributed by atoms with Gasteiger partial charge in [-0.25, -0.2) is 0 Å². The summed E-state index contributed by atoms with van der Waals surface area (Å²) in [7, 11) is 0. The van der Waals surface area contributed by atoms with Gasteiger partial charge in [-0.15, -0.1) is 0 Å². The summed E-state index contributed by atoms with van der Waals surface area (Å²) in [6, 6.07) is 8.20. The third kappa shape index (κ3) is 4.93. The van der Waals surface area contributed by atoms with Crippen molar-refractivity contribution >= 4 is 11.9 Å². The van der Waals surface area contributed by atoms with Gasteiger partial charge in [0.05, 0.1) is 0 Å². The van der Waals surface area contributed by atoms with E-state index in [9.17, 15) is 4.79 Å². The van der Waals surface area contributed by atoms with Crippen molar-refractivity contribution in [1.29, 1.82) is 0 Å². The van der Waals surface area contributed by atoms with E-state index in [1.807, 2.05) is 32.1 Å². The number of benzene rings is 1. The van der Waals surface area contributed by atoms with Crippen LogP contribution in [0.1, 0.15) is 38.8 Å². The highest BCUT2D eigenvalue weighted by Gasteiger charge is 2.27. The van der Waals surface area contributed by atoms with Crippen LogP contribution in [0.5, 0.6) is 0 Å². The maximum absolute atomic E-state index is 12.4. The van der Waals surface area contributed by atoms with Crippen LogP contribution in [0.3, 0.4) is 0 Å². The van der Waals surface area contributed by atoms with Crippen molar-refractivity contribution in [3.05, 3.63) is 41.5 Å². The lowest BCUT2D eigenvalue weighted by Gasteiger charge is -2.29. The lowest BCUT2D eigenvalue weighted by atomic mass is 9.86. The summed E-state index contributed by atoms with van der Waals surface area (Å²) in [5.74, 6) is 0.185. The molecule has 0 aliphatic rings. The van der Waals surface area contributed by atoms with Gasteiger partial charge in [-0.1, -0.05) is 63.6 Å². The third-order valence-corrected chi connectivity index (χ3v) is 3.68. The molecule has 0 heterocycles. The Bertz CT molecular complexity index is 453. The maximum atomic E-state index is 12.4. The smallest absolute Gasteiger partial charge is 0.162 e. The Balaban J connectivity index is 2.71. The molecule has 2 nitrogen and oxygen atoms in total. The number of ketones is 1. The van der Waals surface area contributed by atoms with E-state index < -0.39 is 0 Å². The SMILES string of the molecule is CCN(CC)CC(C)(C)C(=O)/C=C/c1ccc(C)cc1. The second-order valence-electron chi connectivity index (χ2n) is 5.95. The molecule has 0 bridgehead atoms. The number of nitrogens with zero attached hydrogens (tertiary/aromatic N) is 1. The van der Waals surface area contributed by atoms with Crippen LogP contribution in [-0.4, -0.2) is 30.3 Å². The molecule has 110 valence electrons. The molecule has 0 spiro atoms. The van der Waals surface area contributed by atoms with Crippen molar-refractivity contribution in [2.24, 2.45) is 5.41 Å². The zero-order valence-electron chi connectivity index (χ0n) is 13.4. The Morgan fingerprint density at radius 2 is 1.70 bits per heavy atom. The van der Waals surface area contributed by atoms with E-state index in [1.165, 1.54) is 5.56 Å². The normalized spacial score (nSPS) is 12.3. The number of rotatable bonds is 7.